The molecule has 2 fully saturated rings. The van der Waals surface area contributed by atoms with Gasteiger partial charge in [0.25, 0.3) is 0 Å². The summed E-state index contributed by atoms with van der Waals surface area (Å²) in [5.41, 5.74) is 0. The van der Waals surface area contributed by atoms with E-state index in [1.807, 2.05) is 0 Å². The van der Waals surface area contributed by atoms with Crippen LogP contribution in [0.1, 0.15) is 38.5 Å². The van der Waals surface area contributed by atoms with Crippen LogP contribution in [0.15, 0.2) is 0 Å². The van der Waals surface area contributed by atoms with Gasteiger partial charge in [0.15, 0.2) is 0 Å². The van der Waals surface area contributed by atoms with Crippen molar-refractivity contribution in [1.29, 1.82) is 0 Å². The molecule has 0 radical (unpaired) electrons. The first-order valence-corrected chi connectivity index (χ1v) is 6.37. The van der Waals surface area contributed by atoms with Gasteiger partial charge in [0.05, 0.1) is 0 Å². The predicted molar refractivity (Wildman–Crippen MR) is 55.7 cm³/mol. The first kappa shape index (κ1) is 8.89. The van der Waals surface area contributed by atoms with Crippen LogP contribution < -0.4 is 5.32 Å². The molecule has 0 saturated carbocycles. The highest BCUT2D eigenvalue weighted by atomic mass is 32.2. The molecular formula is C10H19NS. The first-order chi connectivity index (χ1) is 5.97. The Kier molecular flexibility index (Phi) is 3.35. The maximum absolute atomic E-state index is 3.70. The van der Waals surface area contributed by atoms with Gasteiger partial charge in [-0.05, 0) is 38.0 Å². The lowest BCUT2D eigenvalue weighted by atomic mass is 10.0. The maximum atomic E-state index is 3.70. The van der Waals surface area contributed by atoms with Crippen LogP contribution in [-0.4, -0.2) is 23.6 Å². The van der Waals surface area contributed by atoms with Crippen molar-refractivity contribution in [2.45, 2.75) is 49.8 Å². The van der Waals surface area contributed by atoms with E-state index in [-0.39, 0.29) is 0 Å². The lowest BCUT2D eigenvalue weighted by Crippen LogP contribution is -2.36. The fraction of sp³-hybridized carbons (Fsp3) is 1.00. The molecule has 2 atom stereocenters. The molecule has 0 aliphatic carbocycles. The molecule has 0 aromatic heterocycles. The molecular weight excluding hydrogens is 166 g/mol. The lowest BCUT2D eigenvalue weighted by molar-refractivity contribution is 0.483. The minimum atomic E-state index is 0.847. The molecule has 0 aromatic rings. The summed E-state index contributed by atoms with van der Waals surface area (Å²) in [5, 5.41) is 4.65. The monoisotopic (exact) mass is 185 g/mol. The van der Waals surface area contributed by atoms with Crippen molar-refractivity contribution < 1.29 is 0 Å². The summed E-state index contributed by atoms with van der Waals surface area (Å²) in [4.78, 5) is 0. The van der Waals surface area contributed by atoms with Crippen LogP contribution in [0.2, 0.25) is 0 Å². The molecule has 0 amide bonds. The number of hydrogen-bond donors (Lipinski definition) is 1. The summed E-state index contributed by atoms with van der Waals surface area (Å²) in [6.45, 7) is 1.27. The molecule has 1 N–H and O–H groups in total. The number of thioether (sulfide) groups is 1. The molecule has 0 bridgehead atoms. The Bertz CT molecular complexity index is 124. The van der Waals surface area contributed by atoms with Crippen molar-refractivity contribution >= 4 is 11.8 Å². The molecule has 2 heteroatoms. The van der Waals surface area contributed by atoms with Gasteiger partial charge in [-0.15, -0.1) is 0 Å². The van der Waals surface area contributed by atoms with Crippen LogP contribution in [-0.2, 0) is 0 Å². The first-order valence-electron chi connectivity index (χ1n) is 5.32. The average molecular weight is 185 g/mol. The highest BCUT2D eigenvalue weighted by Crippen LogP contribution is 2.31. The van der Waals surface area contributed by atoms with Gasteiger partial charge in [-0.3, -0.25) is 0 Å². The van der Waals surface area contributed by atoms with E-state index in [4.69, 9.17) is 0 Å². The van der Waals surface area contributed by atoms with Crippen molar-refractivity contribution in [3.05, 3.63) is 0 Å². The smallest absolute Gasteiger partial charge is 0.0201 e. The Balaban J connectivity index is 1.83. The normalized spacial score (nSPS) is 38.0. The van der Waals surface area contributed by atoms with E-state index < -0.39 is 0 Å². The van der Waals surface area contributed by atoms with Crippen LogP contribution >= 0.6 is 11.8 Å². The molecule has 12 heavy (non-hydrogen) atoms. The minimum absolute atomic E-state index is 0.847. The largest absolute Gasteiger partial charge is 0.313 e. The molecule has 0 aromatic carbocycles. The molecule has 2 aliphatic heterocycles. The zero-order valence-electron chi connectivity index (χ0n) is 7.72. The molecule has 70 valence electrons. The van der Waals surface area contributed by atoms with Gasteiger partial charge in [0.2, 0.25) is 0 Å². The second-order valence-electron chi connectivity index (χ2n) is 3.96. The van der Waals surface area contributed by atoms with Crippen LogP contribution in [0.3, 0.4) is 0 Å². The molecule has 0 spiro atoms. The zero-order valence-corrected chi connectivity index (χ0v) is 8.54. The van der Waals surface area contributed by atoms with Crippen molar-refractivity contribution in [3.63, 3.8) is 0 Å². The Morgan fingerprint density at radius 1 is 1.00 bits per heavy atom. The molecule has 2 unspecified atom stereocenters. The fourth-order valence-electron chi connectivity index (χ4n) is 2.29. The Morgan fingerprint density at radius 2 is 2.00 bits per heavy atom. The maximum Gasteiger partial charge on any atom is 0.0201 e. The predicted octanol–water partition coefficient (Wildman–Crippen LogP) is 2.41. The molecule has 2 rings (SSSR count). The molecule has 1 nitrogen and oxygen atoms in total. The van der Waals surface area contributed by atoms with Gasteiger partial charge in [-0.25, -0.2) is 0 Å². The summed E-state index contributed by atoms with van der Waals surface area (Å²) in [6, 6.07) is 0.847. The highest BCUT2D eigenvalue weighted by molar-refractivity contribution is 8.00. The second kappa shape index (κ2) is 4.52. The highest BCUT2D eigenvalue weighted by Gasteiger charge is 2.25. The van der Waals surface area contributed by atoms with Crippen molar-refractivity contribution in [3.8, 4) is 0 Å². The molecule has 2 saturated heterocycles. The van der Waals surface area contributed by atoms with Gasteiger partial charge in [0.1, 0.15) is 0 Å². The number of nitrogens with one attached hydrogen (secondary N) is 1. The third-order valence-electron chi connectivity index (χ3n) is 3.01. The van der Waals surface area contributed by atoms with E-state index in [0.717, 1.165) is 11.3 Å². The van der Waals surface area contributed by atoms with E-state index in [0.29, 0.717) is 0 Å². The SMILES string of the molecule is C1CCNC(C2CCCS2)CC1. The van der Waals surface area contributed by atoms with E-state index in [2.05, 4.69) is 17.1 Å². The van der Waals surface area contributed by atoms with Crippen LogP contribution in [0.4, 0.5) is 0 Å². The summed E-state index contributed by atoms with van der Waals surface area (Å²) < 4.78 is 0. The number of rotatable bonds is 1. The Morgan fingerprint density at radius 3 is 2.83 bits per heavy atom. The summed E-state index contributed by atoms with van der Waals surface area (Å²) >= 11 is 2.20. The van der Waals surface area contributed by atoms with Crippen molar-refractivity contribution in [2.75, 3.05) is 12.3 Å². The Hall–Kier alpha value is 0.310. The van der Waals surface area contributed by atoms with E-state index in [1.165, 1.54) is 50.8 Å². The van der Waals surface area contributed by atoms with Crippen molar-refractivity contribution in [2.24, 2.45) is 0 Å². The zero-order chi connectivity index (χ0) is 8.23. The average Bonchev–Trinajstić information content (AvgIpc) is 2.48. The number of hydrogen-bond acceptors (Lipinski definition) is 2. The van der Waals surface area contributed by atoms with E-state index in [1.54, 1.807) is 0 Å². The van der Waals surface area contributed by atoms with Gasteiger partial charge in [-0.1, -0.05) is 12.8 Å². The lowest BCUT2D eigenvalue weighted by Gasteiger charge is -2.21. The minimum Gasteiger partial charge on any atom is -0.313 e. The Labute approximate surface area is 79.7 Å². The standard InChI is InChI=1S/C10H19NS/c1-2-5-9(11-7-3-1)10-6-4-8-12-10/h9-11H,1-8H2. The summed E-state index contributed by atoms with van der Waals surface area (Å²) in [6.07, 6.45) is 8.64. The van der Waals surface area contributed by atoms with Crippen LogP contribution in [0.25, 0.3) is 0 Å². The van der Waals surface area contributed by atoms with Gasteiger partial charge in [0, 0.05) is 11.3 Å². The third kappa shape index (κ3) is 2.17. The molecule has 2 aliphatic rings. The van der Waals surface area contributed by atoms with E-state index >= 15 is 0 Å². The third-order valence-corrected chi connectivity index (χ3v) is 4.53. The topological polar surface area (TPSA) is 12.0 Å². The van der Waals surface area contributed by atoms with Crippen LogP contribution in [0, 0.1) is 0 Å². The van der Waals surface area contributed by atoms with Gasteiger partial charge >= 0.3 is 0 Å². The van der Waals surface area contributed by atoms with Crippen LogP contribution in [0.5, 0.6) is 0 Å². The quantitative estimate of drug-likeness (QED) is 0.673. The van der Waals surface area contributed by atoms with E-state index in [9.17, 15) is 0 Å². The van der Waals surface area contributed by atoms with Crippen molar-refractivity contribution in [1.82, 2.24) is 5.32 Å². The molecule has 2 heterocycles. The summed E-state index contributed by atoms with van der Waals surface area (Å²) in [5.74, 6) is 1.41. The fourth-order valence-corrected chi connectivity index (χ4v) is 3.73. The van der Waals surface area contributed by atoms with Gasteiger partial charge in [-0.2, -0.15) is 11.8 Å². The summed E-state index contributed by atoms with van der Waals surface area (Å²) in [7, 11) is 0. The second-order valence-corrected chi connectivity index (χ2v) is 5.31. The van der Waals surface area contributed by atoms with Gasteiger partial charge < -0.3 is 5.32 Å².